The standard InChI is InChI=1S/C5H10N4O2/c6-7-5(10)4-2-1-3-9(4)8-11/h4H,1-3,6H2,(H,7,10). The van der Waals surface area contributed by atoms with Gasteiger partial charge >= 0.3 is 0 Å². The number of carbonyl (C=O) groups excluding carboxylic acids is 1. The summed E-state index contributed by atoms with van der Waals surface area (Å²) < 4.78 is 0. The molecule has 1 saturated heterocycles. The second-order valence-corrected chi connectivity index (χ2v) is 2.41. The number of nitrogens with two attached hydrogens (primary N) is 1. The number of nitrogens with zero attached hydrogens (tertiary/aromatic N) is 2. The highest BCUT2D eigenvalue weighted by Crippen LogP contribution is 2.16. The van der Waals surface area contributed by atoms with Gasteiger partial charge in [-0.1, -0.05) is 0 Å². The Balaban J connectivity index is 2.56. The number of rotatable bonds is 2. The smallest absolute Gasteiger partial charge is 0.258 e. The quantitative estimate of drug-likeness (QED) is 0.236. The summed E-state index contributed by atoms with van der Waals surface area (Å²) in [5, 5.41) is 3.92. The summed E-state index contributed by atoms with van der Waals surface area (Å²) >= 11 is 0. The molecule has 0 aromatic rings. The van der Waals surface area contributed by atoms with E-state index in [0.29, 0.717) is 13.0 Å². The highest BCUT2D eigenvalue weighted by Gasteiger charge is 2.30. The van der Waals surface area contributed by atoms with E-state index in [2.05, 4.69) is 5.29 Å². The second-order valence-electron chi connectivity index (χ2n) is 2.41. The van der Waals surface area contributed by atoms with E-state index in [1.165, 1.54) is 5.01 Å². The zero-order valence-electron chi connectivity index (χ0n) is 5.99. The molecular formula is C5H10N4O2. The van der Waals surface area contributed by atoms with Gasteiger partial charge in [0.2, 0.25) is 0 Å². The number of amides is 1. The van der Waals surface area contributed by atoms with Gasteiger partial charge in [-0.2, -0.15) is 0 Å². The van der Waals surface area contributed by atoms with Crippen LogP contribution in [0.1, 0.15) is 12.8 Å². The third kappa shape index (κ3) is 1.45. The summed E-state index contributed by atoms with van der Waals surface area (Å²) in [4.78, 5) is 21.0. The third-order valence-corrected chi connectivity index (χ3v) is 1.77. The van der Waals surface area contributed by atoms with Crippen LogP contribution < -0.4 is 11.3 Å². The van der Waals surface area contributed by atoms with Crippen molar-refractivity contribution < 1.29 is 4.79 Å². The first-order valence-corrected chi connectivity index (χ1v) is 3.40. The van der Waals surface area contributed by atoms with Crippen LogP contribution in [0.4, 0.5) is 0 Å². The molecule has 0 radical (unpaired) electrons. The van der Waals surface area contributed by atoms with Crippen LogP contribution in [0.25, 0.3) is 0 Å². The number of hydrogen-bond acceptors (Lipinski definition) is 4. The minimum Gasteiger partial charge on any atom is -0.292 e. The zero-order valence-corrected chi connectivity index (χ0v) is 5.99. The van der Waals surface area contributed by atoms with E-state index >= 15 is 0 Å². The molecule has 0 aromatic carbocycles. The Morgan fingerprint density at radius 2 is 2.45 bits per heavy atom. The fourth-order valence-electron chi connectivity index (χ4n) is 1.21. The van der Waals surface area contributed by atoms with E-state index in [4.69, 9.17) is 5.84 Å². The van der Waals surface area contributed by atoms with Gasteiger partial charge in [0, 0.05) is 6.54 Å². The van der Waals surface area contributed by atoms with Crippen molar-refractivity contribution in [3.8, 4) is 0 Å². The van der Waals surface area contributed by atoms with Crippen LogP contribution in [0.2, 0.25) is 0 Å². The number of carbonyl (C=O) groups is 1. The molecule has 6 heteroatoms. The molecule has 0 bridgehead atoms. The number of nitroso groups, excluding NO2 is 1. The molecule has 0 aliphatic carbocycles. The molecular weight excluding hydrogens is 148 g/mol. The van der Waals surface area contributed by atoms with Crippen LogP contribution in [0, 0.1) is 4.91 Å². The van der Waals surface area contributed by atoms with Crippen molar-refractivity contribution in [3.63, 3.8) is 0 Å². The van der Waals surface area contributed by atoms with Crippen molar-refractivity contribution in [1.29, 1.82) is 0 Å². The summed E-state index contributed by atoms with van der Waals surface area (Å²) in [6.45, 7) is 0.543. The molecule has 0 saturated carbocycles. The minimum atomic E-state index is -0.461. The molecule has 0 aromatic heterocycles. The van der Waals surface area contributed by atoms with Crippen molar-refractivity contribution in [2.75, 3.05) is 6.54 Å². The highest BCUT2D eigenvalue weighted by molar-refractivity contribution is 5.81. The summed E-state index contributed by atoms with van der Waals surface area (Å²) in [6, 6.07) is -0.461. The van der Waals surface area contributed by atoms with E-state index in [1.807, 2.05) is 5.43 Å². The van der Waals surface area contributed by atoms with E-state index in [-0.39, 0.29) is 5.91 Å². The molecule has 1 amide bonds. The Bertz CT molecular complexity index is 172. The van der Waals surface area contributed by atoms with Crippen LogP contribution in [-0.2, 0) is 4.79 Å². The Kier molecular flexibility index (Phi) is 2.37. The average Bonchev–Trinajstić information content (AvgIpc) is 2.50. The van der Waals surface area contributed by atoms with E-state index in [1.54, 1.807) is 0 Å². The summed E-state index contributed by atoms with van der Waals surface area (Å²) in [7, 11) is 0. The van der Waals surface area contributed by atoms with Gasteiger partial charge in [0.05, 0.1) is 5.29 Å². The van der Waals surface area contributed by atoms with Gasteiger partial charge < -0.3 is 0 Å². The SMILES string of the molecule is NNC(=O)C1CCCN1N=O. The Morgan fingerprint density at radius 3 is 3.00 bits per heavy atom. The molecule has 6 nitrogen and oxygen atoms in total. The Morgan fingerprint density at radius 1 is 1.73 bits per heavy atom. The normalized spacial score (nSPS) is 23.4. The molecule has 1 unspecified atom stereocenters. The molecule has 1 rings (SSSR count). The zero-order chi connectivity index (χ0) is 8.27. The molecule has 1 aliphatic rings. The minimum absolute atomic E-state index is 0.345. The van der Waals surface area contributed by atoms with E-state index < -0.39 is 6.04 Å². The Hall–Kier alpha value is -1.17. The maximum atomic E-state index is 10.9. The summed E-state index contributed by atoms with van der Waals surface area (Å²) in [6.07, 6.45) is 1.46. The molecule has 1 aliphatic heterocycles. The van der Waals surface area contributed by atoms with Crippen LogP contribution >= 0.6 is 0 Å². The lowest BCUT2D eigenvalue weighted by Gasteiger charge is -2.14. The molecule has 11 heavy (non-hydrogen) atoms. The molecule has 0 spiro atoms. The van der Waals surface area contributed by atoms with E-state index in [9.17, 15) is 9.70 Å². The lowest BCUT2D eigenvalue weighted by molar-refractivity contribution is -0.125. The fraction of sp³-hybridized carbons (Fsp3) is 0.800. The first-order chi connectivity index (χ1) is 5.29. The maximum Gasteiger partial charge on any atom is 0.258 e. The van der Waals surface area contributed by atoms with Crippen molar-refractivity contribution in [2.45, 2.75) is 18.9 Å². The van der Waals surface area contributed by atoms with Gasteiger partial charge in [-0.15, -0.1) is 4.91 Å². The lowest BCUT2D eigenvalue weighted by atomic mass is 10.2. The number of hydrogen-bond donors (Lipinski definition) is 2. The van der Waals surface area contributed by atoms with Crippen LogP contribution in [-0.4, -0.2) is 23.5 Å². The van der Waals surface area contributed by atoms with Crippen molar-refractivity contribution in [3.05, 3.63) is 4.91 Å². The first-order valence-electron chi connectivity index (χ1n) is 3.40. The number of nitrogens with one attached hydrogen (secondary N) is 1. The molecule has 62 valence electrons. The average molecular weight is 158 g/mol. The van der Waals surface area contributed by atoms with Crippen molar-refractivity contribution >= 4 is 5.91 Å². The van der Waals surface area contributed by atoms with Crippen molar-refractivity contribution in [1.82, 2.24) is 10.4 Å². The van der Waals surface area contributed by atoms with Gasteiger partial charge in [0.15, 0.2) is 0 Å². The van der Waals surface area contributed by atoms with Crippen molar-refractivity contribution in [2.24, 2.45) is 11.1 Å². The second kappa shape index (κ2) is 3.29. The number of hydrazine groups is 1. The largest absolute Gasteiger partial charge is 0.292 e. The van der Waals surface area contributed by atoms with E-state index in [0.717, 1.165) is 6.42 Å². The monoisotopic (exact) mass is 158 g/mol. The molecule has 1 fully saturated rings. The summed E-state index contributed by atoms with van der Waals surface area (Å²) in [5.41, 5.74) is 1.99. The maximum absolute atomic E-state index is 10.9. The predicted molar refractivity (Wildman–Crippen MR) is 37.9 cm³/mol. The Labute approximate surface area is 63.6 Å². The van der Waals surface area contributed by atoms with Crippen LogP contribution in [0.5, 0.6) is 0 Å². The molecule has 1 atom stereocenters. The van der Waals surface area contributed by atoms with Gasteiger partial charge in [-0.25, -0.2) is 10.9 Å². The third-order valence-electron chi connectivity index (χ3n) is 1.77. The molecule has 3 N–H and O–H groups in total. The lowest BCUT2D eigenvalue weighted by Crippen LogP contribution is -2.43. The van der Waals surface area contributed by atoms with Gasteiger partial charge in [0.1, 0.15) is 6.04 Å². The first kappa shape index (κ1) is 7.93. The van der Waals surface area contributed by atoms with Crippen LogP contribution in [0.3, 0.4) is 0 Å². The van der Waals surface area contributed by atoms with Gasteiger partial charge in [-0.05, 0) is 12.8 Å². The highest BCUT2D eigenvalue weighted by atomic mass is 16.3. The molecule has 1 heterocycles. The van der Waals surface area contributed by atoms with Crippen LogP contribution in [0.15, 0.2) is 5.29 Å². The topological polar surface area (TPSA) is 87.8 Å². The predicted octanol–water partition coefficient (Wildman–Crippen LogP) is -0.878. The fourth-order valence-corrected chi connectivity index (χ4v) is 1.21. The summed E-state index contributed by atoms with van der Waals surface area (Å²) in [5.74, 6) is 4.55. The van der Waals surface area contributed by atoms with Gasteiger partial charge in [0.25, 0.3) is 5.91 Å². The van der Waals surface area contributed by atoms with Gasteiger partial charge in [-0.3, -0.25) is 10.2 Å².